The number of amides is 4. The van der Waals surface area contributed by atoms with E-state index in [2.05, 4.69) is 0 Å². The molecule has 0 aromatic heterocycles. The Morgan fingerprint density at radius 2 is 1.68 bits per heavy atom. The summed E-state index contributed by atoms with van der Waals surface area (Å²) in [6.45, 7) is 0. The first-order valence-corrected chi connectivity index (χ1v) is 5.77. The van der Waals surface area contributed by atoms with E-state index in [0.29, 0.717) is 4.90 Å². The molecular formula is C13H10N2O4. The second-order valence-electron chi connectivity index (χ2n) is 4.32. The van der Waals surface area contributed by atoms with Gasteiger partial charge in [0.15, 0.2) is 0 Å². The third kappa shape index (κ3) is 1.64. The molecule has 6 heteroatoms. The van der Waals surface area contributed by atoms with Gasteiger partial charge in [-0.05, 0) is 18.6 Å². The van der Waals surface area contributed by atoms with Crippen molar-refractivity contribution in [3.05, 3.63) is 35.4 Å². The number of hydrogen-bond donors (Lipinski definition) is 1. The van der Waals surface area contributed by atoms with Gasteiger partial charge < -0.3 is 0 Å². The largest absolute Gasteiger partial charge is 0.295 e. The highest BCUT2D eigenvalue weighted by Gasteiger charge is 2.44. The first-order valence-electron chi connectivity index (χ1n) is 6.27. The molecule has 1 saturated heterocycles. The van der Waals surface area contributed by atoms with Crippen LogP contribution in [0.5, 0.6) is 0 Å². The molecule has 4 amide bonds. The molecule has 1 aromatic carbocycles. The van der Waals surface area contributed by atoms with Crippen LogP contribution < -0.4 is 5.32 Å². The first-order chi connectivity index (χ1) is 9.45. The maximum absolute atomic E-state index is 12.3. The minimum absolute atomic E-state index is 0.0807. The van der Waals surface area contributed by atoms with Crippen molar-refractivity contribution in [2.75, 3.05) is 0 Å². The monoisotopic (exact) mass is 259 g/mol. The molecule has 0 spiro atoms. The molecule has 0 saturated carbocycles. The molecule has 19 heavy (non-hydrogen) atoms. The molecule has 1 N–H and O–H groups in total. The maximum Gasteiger partial charge on any atom is 0.262 e. The standard InChI is InChI=1S/C13H10N2O4/c16-10-6-5-9(11(17)14-10)15-12(18)7-3-1-2-4-8(7)13(15)19/h1-4,9H,5-6H2,(H,14,16,17)/t9-/m0/s1/i9D. The van der Waals surface area contributed by atoms with E-state index in [1.54, 1.807) is 12.1 Å². The number of carbonyl (C=O) groups is 4. The topological polar surface area (TPSA) is 83.6 Å². The zero-order chi connectivity index (χ0) is 14.5. The van der Waals surface area contributed by atoms with E-state index in [9.17, 15) is 19.2 Å². The van der Waals surface area contributed by atoms with Crippen LogP contribution >= 0.6 is 0 Å². The summed E-state index contributed by atoms with van der Waals surface area (Å²) in [7, 11) is 0. The van der Waals surface area contributed by atoms with Crippen LogP contribution in [0.1, 0.15) is 34.9 Å². The molecule has 0 aliphatic carbocycles. The Morgan fingerprint density at radius 1 is 1.11 bits per heavy atom. The van der Waals surface area contributed by atoms with E-state index in [0.717, 1.165) is 0 Å². The molecule has 1 aromatic rings. The number of carbonyl (C=O) groups excluding carboxylic acids is 4. The Kier molecular flexibility index (Phi) is 2.20. The second-order valence-corrected chi connectivity index (χ2v) is 4.32. The van der Waals surface area contributed by atoms with Crippen LogP contribution in [-0.4, -0.2) is 34.5 Å². The summed E-state index contributed by atoms with van der Waals surface area (Å²) in [4.78, 5) is 48.2. The van der Waals surface area contributed by atoms with Gasteiger partial charge in [-0.2, -0.15) is 0 Å². The molecular weight excluding hydrogens is 248 g/mol. The van der Waals surface area contributed by atoms with E-state index < -0.39 is 29.6 Å². The van der Waals surface area contributed by atoms with Gasteiger partial charge in [0.2, 0.25) is 11.8 Å². The minimum atomic E-state index is -2.07. The predicted octanol–water partition coefficient (Wildman–Crippen LogP) is 0.0878. The van der Waals surface area contributed by atoms with Gasteiger partial charge in [-0.3, -0.25) is 29.4 Å². The number of imide groups is 2. The van der Waals surface area contributed by atoms with Crippen molar-refractivity contribution in [1.82, 2.24) is 10.2 Å². The quantitative estimate of drug-likeness (QED) is 0.724. The number of nitrogens with one attached hydrogen (secondary N) is 1. The second kappa shape index (κ2) is 4.01. The Bertz CT molecular complexity index is 637. The zero-order valence-electron chi connectivity index (χ0n) is 10.8. The normalized spacial score (nSPS) is 27.2. The molecule has 96 valence electrons. The third-order valence-corrected chi connectivity index (χ3v) is 3.17. The lowest BCUT2D eigenvalue weighted by molar-refractivity contribution is -0.136. The lowest BCUT2D eigenvalue weighted by atomic mass is 10.0. The summed E-state index contributed by atoms with van der Waals surface area (Å²) >= 11 is 0. The van der Waals surface area contributed by atoms with E-state index in [1.165, 1.54) is 12.1 Å². The first kappa shape index (κ1) is 10.4. The zero-order valence-corrected chi connectivity index (χ0v) is 9.80. The molecule has 1 atom stereocenters. The van der Waals surface area contributed by atoms with Gasteiger partial charge in [0.25, 0.3) is 11.8 Å². The highest BCUT2D eigenvalue weighted by atomic mass is 16.2. The van der Waals surface area contributed by atoms with Crippen molar-refractivity contribution in [1.29, 1.82) is 0 Å². The SMILES string of the molecule is [2H][C@]1(N2C(=O)c3ccccc3C2=O)CCC(=O)NC1=O. The van der Waals surface area contributed by atoms with Crippen molar-refractivity contribution >= 4 is 23.6 Å². The van der Waals surface area contributed by atoms with Crippen molar-refractivity contribution < 1.29 is 20.5 Å². The molecule has 3 rings (SSSR count). The number of piperidine rings is 1. The Hall–Kier alpha value is -2.50. The van der Waals surface area contributed by atoms with E-state index >= 15 is 0 Å². The Morgan fingerprint density at radius 3 is 2.21 bits per heavy atom. The van der Waals surface area contributed by atoms with E-state index in [4.69, 9.17) is 1.37 Å². The van der Waals surface area contributed by atoms with Crippen LogP contribution in [0, 0.1) is 0 Å². The van der Waals surface area contributed by atoms with Gasteiger partial charge >= 0.3 is 0 Å². The smallest absolute Gasteiger partial charge is 0.262 e. The fourth-order valence-corrected chi connectivity index (χ4v) is 2.25. The molecule has 0 bridgehead atoms. The summed E-state index contributed by atoms with van der Waals surface area (Å²) < 4.78 is 8.17. The maximum atomic E-state index is 12.3. The Balaban J connectivity index is 2.04. The van der Waals surface area contributed by atoms with Crippen molar-refractivity contribution in [2.24, 2.45) is 0 Å². The lowest BCUT2D eigenvalue weighted by Gasteiger charge is -2.27. The summed E-state index contributed by atoms with van der Waals surface area (Å²) in [5.74, 6) is -2.80. The average Bonchev–Trinajstić information content (AvgIpc) is 2.68. The summed E-state index contributed by atoms with van der Waals surface area (Å²) in [6, 6.07) is 4.10. The average molecular weight is 259 g/mol. The number of fused-ring (bicyclic) bond motifs is 1. The summed E-state index contributed by atoms with van der Waals surface area (Å²) in [5, 5.41) is 2.00. The highest BCUT2D eigenvalue weighted by molar-refractivity contribution is 6.23. The fraction of sp³-hybridized carbons (Fsp3) is 0.231. The van der Waals surface area contributed by atoms with Crippen LogP contribution in [0.3, 0.4) is 0 Å². The van der Waals surface area contributed by atoms with Gasteiger partial charge in [-0.25, -0.2) is 0 Å². The van der Waals surface area contributed by atoms with Crippen molar-refractivity contribution in [3.63, 3.8) is 0 Å². The van der Waals surface area contributed by atoms with Crippen LogP contribution in [0.25, 0.3) is 0 Å². The molecule has 2 aliphatic rings. The van der Waals surface area contributed by atoms with Crippen LogP contribution in [0.2, 0.25) is 0 Å². The highest BCUT2D eigenvalue weighted by Crippen LogP contribution is 2.26. The van der Waals surface area contributed by atoms with E-state index in [1.807, 2.05) is 5.32 Å². The van der Waals surface area contributed by atoms with Crippen LogP contribution in [-0.2, 0) is 9.59 Å². The van der Waals surface area contributed by atoms with Gasteiger partial charge in [0.1, 0.15) is 6.02 Å². The summed E-state index contributed by atoms with van der Waals surface area (Å²) in [5.41, 5.74) is 0.350. The minimum Gasteiger partial charge on any atom is -0.295 e. The van der Waals surface area contributed by atoms with Gasteiger partial charge in [0.05, 0.1) is 12.5 Å². The van der Waals surface area contributed by atoms with Crippen molar-refractivity contribution in [3.8, 4) is 0 Å². The third-order valence-electron chi connectivity index (χ3n) is 3.17. The van der Waals surface area contributed by atoms with Gasteiger partial charge in [0, 0.05) is 6.42 Å². The fourth-order valence-electron chi connectivity index (χ4n) is 2.25. The van der Waals surface area contributed by atoms with Crippen LogP contribution in [0.4, 0.5) is 0 Å². The van der Waals surface area contributed by atoms with Gasteiger partial charge in [-0.15, -0.1) is 0 Å². The summed E-state index contributed by atoms with van der Waals surface area (Å²) in [6.07, 6.45) is -0.272. The number of nitrogens with zero attached hydrogens (tertiary/aromatic N) is 1. The number of hydrogen-bond acceptors (Lipinski definition) is 4. The Labute approximate surface area is 109 Å². The molecule has 2 heterocycles. The molecule has 0 unspecified atom stereocenters. The number of rotatable bonds is 1. The van der Waals surface area contributed by atoms with Crippen molar-refractivity contribution in [2.45, 2.75) is 18.9 Å². The molecule has 2 aliphatic heterocycles. The predicted molar refractivity (Wildman–Crippen MR) is 63.1 cm³/mol. The molecule has 1 fully saturated rings. The number of benzene rings is 1. The molecule has 0 radical (unpaired) electrons. The lowest BCUT2D eigenvalue weighted by Crippen LogP contribution is -2.54. The molecule has 6 nitrogen and oxygen atoms in total. The van der Waals surface area contributed by atoms with E-state index in [-0.39, 0.29) is 24.0 Å². The van der Waals surface area contributed by atoms with Crippen LogP contribution in [0.15, 0.2) is 24.3 Å². The van der Waals surface area contributed by atoms with Gasteiger partial charge in [-0.1, -0.05) is 12.1 Å².